The summed E-state index contributed by atoms with van der Waals surface area (Å²) in [6.45, 7) is 12.5. The first-order chi connectivity index (χ1) is 28.4. The number of carbonyl (C=O) groups is 1. The van der Waals surface area contributed by atoms with E-state index in [1.807, 2.05) is 60.7 Å². The van der Waals surface area contributed by atoms with Crippen molar-refractivity contribution in [1.29, 1.82) is 5.26 Å². The molecule has 15 heteroatoms. The van der Waals surface area contributed by atoms with Crippen LogP contribution in [0.25, 0.3) is 11.2 Å². The van der Waals surface area contributed by atoms with Crippen molar-refractivity contribution in [2.75, 3.05) is 25.6 Å². The van der Waals surface area contributed by atoms with E-state index in [0.29, 0.717) is 12.1 Å². The minimum atomic E-state index is -1.63. The van der Waals surface area contributed by atoms with Crippen molar-refractivity contribution in [2.24, 2.45) is 5.92 Å². The van der Waals surface area contributed by atoms with E-state index in [0.717, 1.165) is 22.4 Å². The van der Waals surface area contributed by atoms with Crippen LogP contribution in [0.4, 0.5) is 5.95 Å². The van der Waals surface area contributed by atoms with Crippen molar-refractivity contribution in [3.63, 3.8) is 0 Å². The Kier molecular flexibility index (Phi) is 14.6. The number of anilines is 1. The number of aromatic nitrogens is 4. The summed E-state index contributed by atoms with van der Waals surface area (Å²) in [6.07, 6.45) is 0.724. The lowest BCUT2D eigenvalue weighted by Gasteiger charge is -2.39. The van der Waals surface area contributed by atoms with Crippen LogP contribution in [0.15, 0.2) is 96.1 Å². The van der Waals surface area contributed by atoms with E-state index in [-0.39, 0.29) is 61.6 Å². The number of fused-ring (bicyclic) bond motifs is 1. The number of ether oxygens (including phenoxy) is 3. The van der Waals surface area contributed by atoms with Gasteiger partial charge in [-0.3, -0.25) is 19.9 Å². The van der Waals surface area contributed by atoms with Crippen molar-refractivity contribution in [2.45, 2.75) is 96.9 Å². The maximum Gasteiger partial charge on any atom is 0.280 e. The van der Waals surface area contributed by atoms with Crippen LogP contribution in [0.3, 0.4) is 0 Å². The summed E-state index contributed by atoms with van der Waals surface area (Å²) in [5, 5.41) is 12.1. The fraction of sp³-hybridized carbons (Fsp3) is 0.432. The Morgan fingerprint density at radius 2 is 1.63 bits per heavy atom. The molecule has 1 aliphatic heterocycles. The molecule has 1 unspecified atom stereocenters. The van der Waals surface area contributed by atoms with E-state index in [9.17, 15) is 14.9 Å². The van der Waals surface area contributed by atoms with Gasteiger partial charge in [0.2, 0.25) is 11.9 Å². The molecule has 3 aromatic carbocycles. The molecule has 0 aliphatic carbocycles. The second kappa shape index (κ2) is 19.8. The SMILES string of the molecule is COc1ccc(C(OC[C@H]2O[C@@H](Cn3cnc4c(=O)[nH]c(NC(=O)C(C)C)nc43)C[C@@H]2OP(OCCC#N)N(C(C)C)C(C)C)(c2ccccc2)c2ccccc2)cc1. The summed E-state index contributed by atoms with van der Waals surface area (Å²) >= 11 is 0. The predicted molar refractivity (Wildman–Crippen MR) is 227 cm³/mol. The fourth-order valence-corrected chi connectivity index (χ4v) is 9.10. The molecule has 0 bridgehead atoms. The van der Waals surface area contributed by atoms with Crippen LogP contribution in [-0.2, 0) is 35.5 Å². The highest BCUT2D eigenvalue weighted by Crippen LogP contribution is 2.50. The predicted octanol–water partition coefficient (Wildman–Crippen LogP) is 7.55. The number of H-pyrrole nitrogens is 1. The summed E-state index contributed by atoms with van der Waals surface area (Å²) in [4.78, 5) is 37.1. The standard InChI is InChI=1S/C44H54N7O7P/c1-29(2)41(52)48-43-47-40-39(42(53)49-43)46-28-50(40)26-36-25-37(58-59(56-24-14-23-45)51(30(3)4)31(5)6)38(57-36)27-55-44(32-15-10-8-11-16-32,33-17-12-9-13-18-33)34-19-21-35(54-7)22-20-34/h8-13,15-22,28-31,36-38H,14,24-27H2,1-7H3,(H2,47,48,49,52,53)/t36-,37+,38-,59?/m1/s1. The van der Waals surface area contributed by atoms with Gasteiger partial charge in [0.25, 0.3) is 14.1 Å². The minimum absolute atomic E-state index is 0.0436. The van der Waals surface area contributed by atoms with E-state index in [2.05, 4.69) is 83.0 Å². The average molecular weight is 824 g/mol. The summed E-state index contributed by atoms with van der Waals surface area (Å²) in [5.41, 5.74) is 1.69. The van der Waals surface area contributed by atoms with Crippen molar-refractivity contribution < 1.29 is 28.1 Å². The highest BCUT2D eigenvalue weighted by atomic mass is 31.2. The average Bonchev–Trinajstić information content (AvgIpc) is 3.81. The molecule has 312 valence electrons. The van der Waals surface area contributed by atoms with Gasteiger partial charge in [0, 0.05) is 24.4 Å². The molecule has 0 saturated carbocycles. The van der Waals surface area contributed by atoms with E-state index in [4.69, 9.17) is 23.3 Å². The monoisotopic (exact) mass is 823 g/mol. The number of nitrogens with zero attached hydrogens (tertiary/aromatic N) is 5. The van der Waals surface area contributed by atoms with Crippen LogP contribution in [0.2, 0.25) is 0 Å². The number of nitrogens with one attached hydrogen (secondary N) is 2. The first kappa shape index (κ1) is 43.6. The molecule has 1 fully saturated rings. The number of rotatable bonds is 19. The van der Waals surface area contributed by atoms with Gasteiger partial charge in [-0.25, -0.2) is 9.65 Å². The van der Waals surface area contributed by atoms with Crippen molar-refractivity contribution >= 4 is 31.5 Å². The topological polar surface area (TPSA) is 166 Å². The Labute approximate surface area is 346 Å². The third-order valence-electron chi connectivity index (χ3n) is 10.1. The van der Waals surface area contributed by atoms with Gasteiger partial charge in [-0.05, 0) is 56.5 Å². The molecule has 1 saturated heterocycles. The lowest BCUT2D eigenvalue weighted by atomic mass is 9.80. The first-order valence-electron chi connectivity index (χ1n) is 20.0. The number of amides is 1. The number of aromatic amines is 1. The zero-order chi connectivity index (χ0) is 42.1. The Balaban J connectivity index is 1.38. The van der Waals surface area contributed by atoms with Crippen molar-refractivity contribution in [3.05, 3.63) is 118 Å². The molecule has 0 radical (unpaired) electrons. The third kappa shape index (κ3) is 10.1. The Morgan fingerprint density at radius 1 is 1.00 bits per heavy atom. The minimum Gasteiger partial charge on any atom is -0.497 e. The molecule has 14 nitrogen and oxygen atoms in total. The maximum absolute atomic E-state index is 13.0. The number of methoxy groups -OCH3 is 1. The van der Waals surface area contributed by atoms with Gasteiger partial charge in [0.1, 0.15) is 17.5 Å². The van der Waals surface area contributed by atoms with Crippen LogP contribution < -0.4 is 15.6 Å². The van der Waals surface area contributed by atoms with E-state index < -0.39 is 38.0 Å². The fourth-order valence-electron chi connectivity index (χ4n) is 7.34. The van der Waals surface area contributed by atoms with E-state index >= 15 is 0 Å². The molecule has 6 rings (SSSR count). The summed E-state index contributed by atoms with van der Waals surface area (Å²) in [7, 11) is 0.0102. The first-order valence-corrected chi connectivity index (χ1v) is 21.1. The largest absolute Gasteiger partial charge is 0.497 e. The van der Waals surface area contributed by atoms with Crippen LogP contribution in [0.5, 0.6) is 5.75 Å². The van der Waals surface area contributed by atoms with Gasteiger partial charge < -0.3 is 27.8 Å². The highest BCUT2D eigenvalue weighted by molar-refractivity contribution is 7.44. The quantitative estimate of drug-likeness (QED) is 0.0480. The molecule has 0 spiro atoms. The van der Waals surface area contributed by atoms with Crippen molar-refractivity contribution in [1.82, 2.24) is 24.2 Å². The molecule has 5 aromatic rings. The second-order valence-corrected chi connectivity index (χ2v) is 16.7. The lowest BCUT2D eigenvalue weighted by Crippen LogP contribution is -2.39. The van der Waals surface area contributed by atoms with Gasteiger partial charge in [-0.15, -0.1) is 0 Å². The number of benzene rings is 3. The van der Waals surface area contributed by atoms with Gasteiger partial charge in [-0.1, -0.05) is 86.6 Å². The molecular formula is C44H54N7O7P. The van der Waals surface area contributed by atoms with Gasteiger partial charge in [0.15, 0.2) is 11.2 Å². The molecule has 3 heterocycles. The third-order valence-corrected chi connectivity index (χ3v) is 12.3. The maximum atomic E-state index is 13.0. The number of carbonyl (C=O) groups excluding carboxylic acids is 1. The van der Waals surface area contributed by atoms with Crippen LogP contribution >= 0.6 is 8.53 Å². The Bertz CT molecular complexity index is 2180. The molecular weight excluding hydrogens is 769 g/mol. The Morgan fingerprint density at radius 3 is 2.20 bits per heavy atom. The molecule has 2 N–H and O–H groups in total. The number of hydrogen-bond acceptors (Lipinski definition) is 11. The molecule has 4 atom stereocenters. The highest BCUT2D eigenvalue weighted by Gasteiger charge is 2.44. The summed E-state index contributed by atoms with van der Waals surface area (Å²) < 4.78 is 37.1. The smallest absolute Gasteiger partial charge is 0.280 e. The summed E-state index contributed by atoms with van der Waals surface area (Å²) in [5.74, 6) is 0.180. The van der Waals surface area contributed by atoms with E-state index in [1.165, 1.54) is 0 Å². The van der Waals surface area contributed by atoms with Crippen LogP contribution in [0, 0.1) is 17.2 Å². The molecule has 1 amide bonds. The van der Waals surface area contributed by atoms with Gasteiger partial charge in [-0.2, -0.15) is 10.2 Å². The van der Waals surface area contributed by atoms with Crippen molar-refractivity contribution in [3.8, 4) is 11.8 Å². The normalized spacial score (nSPS) is 17.6. The van der Waals surface area contributed by atoms with Gasteiger partial charge in [0.05, 0.1) is 57.9 Å². The number of hydrogen-bond donors (Lipinski definition) is 2. The molecule has 59 heavy (non-hydrogen) atoms. The van der Waals surface area contributed by atoms with Crippen LogP contribution in [-0.4, -0.2) is 80.8 Å². The van der Waals surface area contributed by atoms with E-state index in [1.54, 1.807) is 31.9 Å². The lowest BCUT2D eigenvalue weighted by molar-refractivity contribution is -0.118. The summed E-state index contributed by atoms with van der Waals surface area (Å²) in [6, 6.07) is 30.5. The van der Waals surface area contributed by atoms with Gasteiger partial charge >= 0.3 is 0 Å². The molecule has 1 aliphatic rings. The zero-order valence-electron chi connectivity index (χ0n) is 34.7. The molecule has 2 aromatic heterocycles. The van der Waals surface area contributed by atoms with Crippen LogP contribution in [0.1, 0.15) is 71.1 Å². The Hall–Kier alpha value is -5.00. The second-order valence-electron chi connectivity index (χ2n) is 15.3. The number of nitriles is 1. The zero-order valence-corrected chi connectivity index (χ0v) is 35.6. The number of imidazole rings is 1.